The average molecular weight is 529 g/mol. The third-order valence-electron chi connectivity index (χ3n) is 9.18. The first kappa shape index (κ1) is 24.0. The number of hydrogen-bond donors (Lipinski definition) is 1. The number of fused-ring (bicyclic) bond motifs is 6. The Morgan fingerprint density at radius 1 is 0.659 bits per heavy atom. The van der Waals surface area contributed by atoms with E-state index in [1.165, 1.54) is 50.3 Å². The van der Waals surface area contributed by atoms with Gasteiger partial charge >= 0.3 is 0 Å². The van der Waals surface area contributed by atoms with Crippen molar-refractivity contribution in [2.45, 2.75) is 31.2 Å². The quantitative estimate of drug-likeness (QED) is 0.250. The fourth-order valence-electron chi connectivity index (χ4n) is 7.12. The molecule has 1 N–H and O–H groups in total. The van der Waals surface area contributed by atoms with E-state index in [1.54, 1.807) is 0 Å². The van der Waals surface area contributed by atoms with E-state index in [1.807, 2.05) is 0 Å². The van der Waals surface area contributed by atoms with Crippen LogP contribution in [-0.4, -0.2) is 6.04 Å². The van der Waals surface area contributed by atoms with Gasteiger partial charge in [-0.15, -0.1) is 0 Å². The molecular weight excluding hydrogens is 496 g/mol. The standard InChI is InChI=1S/C39H32N2/c1-39(2)35-14-8-6-12-31(35)32-23-21-29(25-36(32)39)40-28-19-16-26(17-20-28)27-18-22-34-33-13-7-9-15-37(33)41(38(34)24-27)30-10-4-3-5-11-30/h3-25,34,38,40H,1-2H3. The summed E-state index contributed by atoms with van der Waals surface area (Å²) in [6.45, 7) is 4.65. The maximum atomic E-state index is 3.66. The van der Waals surface area contributed by atoms with Gasteiger partial charge in [0.1, 0.15) is 0 Å². The summed E-state index contributed by atoms with van der Waals surface area (Å²) in [4.78, 5) is 2.49. The lowest BCUT2D eigenvalue weighted by Gasteiger charge is -2.30. The highest BCUT2D eigenvalue weighted by atomic mass is 15.2. The first-order chi connectivity index (χ1) is 20.1. The number of benzene rings is 5. The minimum absolute atomic E-state index is 0.00133. The van der Waals surface area contributed by atoms with Crippen LogP contribution in [0.25, 0.3) is 16.7 Å². The van der Waals surface area contributed by atoms with Gasteiger partial charge in [0.25, 0.3) is 0 Å². The fourth-order valence-corrected chi connectivity index (χ4v) is 7.12. The van der Waals surface area contributed by atoms with Crippen molar-refractivity contribution in [2.24, 2.45) is 0 Å². The highest BCUT2D eigenvalue weighted by molar-refractivity contribution is 5.85. The van der Waals surface area contributed by atoms with Crippen LogP contribution in [0.5, 0.6) is 0 Å². The molecule has 0 saturated carbocycles. The SMILES string of the molecule is CC1(C)c2ccccc2-c2ccc(Nc3ccc(C4=CC5C(C=C4)c4ccccc4N5c4ccccc4)cc3)cc21. The van der Waals surface area contributed by atoms with Gasteiger partial charge in [0.05, 0.1) is 6.04 Å². The van der Waals surface area contributed by atoms with Gasteiger partial charge in [-0.3, -0.25) is 0 Å². The summed E-state index contributed by atoms with van der Waals surface area (Å²) in [5.74, 6) is 0.353. The molecule has 2 nitrogen and oxygen atoms in total. The van der Waals surface area contributed by atoms with Crippen molar-refractivity contribution < 1.29 is 0 Å². The molecule has 198 valence electrons. The molecule has 0 bridgehead atoms. The van der Waals surface area contributed by atoms with E-state index in [0.717, 1.165) is 11.4 Å². The number of allylic oxidation sites excluding steroid dienone is 2. The molecule has 0 radical (unpaired) electrons. The zero-order valence-corrected chi connectivity index (χ0v) is 23.4. The predicted octanol–water partition coefficient (Wildman–Crippen LogP) is 9.99. The lowest BCUT2D eigenvalue weighted by atomic mass is 9.82. The number of anilines is 4. The second-order valence-electron chi connectivity index (χ2n) is 11.9. The van der Waals surface area contributed by atoms with Gasteiger partial charge < -0.3 is 10.2 Å². The molecule has 0 saturated heterocycles. The summed E-state index contributed by atoms with van der Waals surface area (Å²) in [7, 11) is 0. The third kappa shape index (κ3) is 3.78. The van der Waals surface area contributed by atoms with Gasteiger partial charge in [-0.25, -0.2) is 0 Å². The smallest absolute Gasteiger partial charge is 0.0635 e. The van der Waals surface area contributed by atoms with Crippen LogP contribution in [0.1, 0.15) is 42.0 Å². The molecule has 0 spiro atoms. The molecule has 5 aromatic carbocycles. The van der Waals surface area contributed by atoms with Crippen molar-refractivity contribution in [1.82, 2.24) is 0 Å². The lowest BCUT2D eigenvalue weighted by Crippen LogP contribution is -2.29. The number of nitrogens with zero attached hydrogens (tertiary/aromatic N) is 1. The van der Waals surface area contributed by atoms with Gasteiger partial charge in [0.15, 0.2) is 0 Å². The van der Waals surface area contributed by atoms with Crippen molar-refractivity contribution in [2.75, 3.05) is 10.2 Å². The van der Waals surface area contributed by atoms with Crippen molar-refractivity contribution >= 4 is 28.3 Å². The summed E-state index contributed by atoms with van der Waals surface area (Å²) in [5, 5.41) is 3.66. The van der Waals surface area contributed by atoms with Crippen molar-refractivity contribution in [3.8, 4) is 11.1 Å². The summed E-state index contributed by atoms with van der Waals surface area (Å²) in [6.07, 6.45) is 7.13. The molecule has 0 fully saturated rings. The number of hydrogen-bond acceptors (Lipinski definition) is 2. The van der Waals surface area contributed by atoms with Gasteiger partial charge in [-0.05, 0) is 81.4 Å². The van der Waals surface area contributed by atoms with Crippen molar-refractivity contribution in [3.63, 3.8) is 0 Å². The Labute approximate surface area is 242 Å². The molecule has 2 heteroatoms. The minimum Gasteiger partial charge on any atom is -0.356 e. The lowest BCUT2D eigenvalue weighted by molar-refractivity contribution is 0.660. The van der Waals surface area contributed by atoms with Crippen LogP contribution in [-0.2, 0) is 5.41 Å². The van der Waals surface area contributed by atoms with Crippen LogP contribution >= 0.6 is 0 Å². The Hall–Kier alpha value is -4.82. The highest BCUT2D eigenvalue weighted by Gasteiger charge is 2.38. The van der Waals surface area contributed by atoms with E-state index in [2.05, 4.69) is 164 Å². The molecule has 2 unspecified atom stereocenters. The Morgan fingerprint density at radius 3 is 2.22 bits per heavy atom. The maximum absolute atomic E-state index is 3.66. The van der Waals surface area contributed by atoms with Gasteiger partial charge in [0.2, 0.25) is 0 Å². The molecule has 1 aliphatic heterocycles. The predicted molar refractivity (Wildman–Crippen MR) is 172 cm³/mol. The van der Waals surface area contributed by atoms with Crippen molar-refractivity contribution in [3.05, 3.63) is 162 Å². The molecule has 2 aliphatic carbocycles. The summed E-state index contributed by atoms with van der Waals surface area (Å²) < 4.78 is 0. The zero-order valence-electron chi connectivity index (χ0n) is 23.4. The topological polar surface area (TPSA) is 15.3 Å². The number of para-hydroxylation sites is 2. The second kappa shape index (κ2) is 9.11. The first-order valence-corrected chi connectivity index (χ1v) is 14.5. The van der Waals surface area contributed by atoms with E-state index in [0.29, 0.717) is 5.92 Å². The van der Waals surface area contributed by atoms with Gasteiger partial charge in [-0.1, -0.05) is 111 Å². The molecule has 3 aliphatic rings. The van der Waals surface area contributed by atoms with Crippen LogP contribution in [0.4, 0.5) is 22.7 Å². The molecule has 0 amide bonds. The van der Waals surface area contributed by atoms with Crippen LogP contribution in [0.2, 0.25) is 0 Å². The van der Waals surface area contributed by atoms with E-state index >= 15 is 0 Å². The van der Waals surface area contributed by atoms with E-state index in [-0.39, 0.29) is 11.5 Å². The highest BCUT2D eigenvalue weighted by Crippen LogP contribution is 2.50. The molecule has 5 aromatic rings. The first-order valence-electron chi connectivity index (χ1n) is 14.5. The molecular formula is C39H32N2. The molecule has 41 heavy (non-hydrogen) atoms. The Morgan fingerprint density at radius 2 is 1.37 bits per heavy atom. The van der Waals surface area contributed by atoms with Crippen LogP contribution in [0.3, 0.4) is 0 Å². The summed E-state index contributed by atoms with van der Waals surface area (Å²) >= 11 is 0. The van der Waals surface area contributed by atoms with Gasteiger partial charge in [-0.2, -0.15) is 0 Å². The number of rotatable bonds is 4. The second-order valence-corrected chi connectivity index (χ2v) is 11.9. The summed E-state index contributed by atoms with van der Waals surface area (Å²) in [5.41, 5.74) is 14.1. The Balaban J connectivity index is 1.07. The van der Waals surface area contributed by atoms with Crippen LogP contribution in [0, 0.1) is 0 Å². The maximum Gasteiger partial charge on any atom is 0.0635 e. The third-order valence-corrected chi connectivity index (χ3v) is 9.18. The fraction of sp³-hybridized carbons (Fsp3) is 0.128. The van der Waals surface area contributed by atoms with E-state index in [9.17, 15) is 0 Å². The minimum atomic E-state index is -0.00133. The van der Waals surface area contributed by atoms with Gasteiger partial charge in [0, 0.05) is 34.1 Å². The molecule has 2 atom stereocenters. The van der Waals surface area contributed by atoms with E-state index in [4.69, 9.17) is 0 Å². The number of nitrogens with one attached hydrogen (secondary N) is 1. The monoisotopic (exact) mass is 528 g/mol. The Bertz CT molecular complexity index is 1840. The molecule has 1 heterocycles. The van der Waals surface area contributed by atoms with Crippen molar-refractivity contribution in [1.29, 1.82) is 0 Å². The normalized spacial score (nSPS) is 19.2. The zero-order chi connectivity index (χ0) is 27.6. The Kier molecular flexibility index (Phi) is 5.33. The largest absolute Gasteiger partial charge is 0.356 e. The molecule has 0 aromatic heterocycles. The van der Waals surface area contributed by atoms with E-state index < -0.39 is 0 Å². The average Bonchev–Trinajstić information content (AvgIpc) is 3.46. The summed E-state index contributed by atoms with van der Waals surface area (Å²) in [6, 6.07) is 44.3. The van der Waals surface area contributed by atoms with Crippen LogP contribution < -0.4 is 10.2 Å². The molecule has 8 rings (SSSR count). The van der Waals surface area contributed by atoms with Crippen LogP contribution in [0.15, 0.2) is 140 Å².